The molecule has 1 atom stereocenters. The summed E-state index contributed by atoms with van der Waals surface area (Å²) in [4.78, 5) is 31.7. The molecule has 1 fully saturated rings. The highest BCUT2D eigenvalue weighted by Gasteiger charge is 2.30. The predicted octanol–water partition coefficient (Wildman–Crippen LogP) is 3.08. The van der Waals surface area contributed by atoms with Gasteiger partial charge in [0.15, 0.2) is 0 Å². The minimum absolute atomic E-state index is 0.0250. The zero-order valence-electron chi connectivity index (χ0n) is 15.4. The Morgan fingerprint density at radius 1 is 1.41 bits per heavy atom. The number of aryl methyl sites for hydroxylation is 2. The summed E-state index contributed by atoms with van der Waals surface area (Å²) in [5, 5.41) is 2.98. The molecule has 0 spiro atoms. The van der Waals surface area contributed by atoms with E-state index in [1.54, 1.807) is 34.4 Å². The summed E-state index contributed by atoms with van der Waals surface area (Å²) in [6.07, 6.45) is 2.64. The van der Waals surface area contributed by atoms with Crippen LogP contribution in [0.15, 0.2) is 29.8 Å². The normalized spacial score (nSPS) is 17.2. The number of hydrogen-bond donors (Lipinski definition) is 1. The van der Waals surface area contributed by atoms with Crippen LogP contribution in [0.4, 0.5) is 4.39 Å². The lowest BCUT2D eigenvalue weighted by Crippen LogP contribution is -2.45. The van der Waals surface area contributed by atoms with E-state index < -0.39 is 0 Å². The molecule has 2 aromatic rings. The molecule has 2 amide bonds. The number of nitrogens with zero attached hydrogens (tertiary/aromatic N) is 2. The Balaban J connectivity index is 1.48. The molecule has 1 aromatic carbocycles. The van der Waals surface area contributed by atoms with Gasteiger partial charge < -0.3 is 10.2 Å². The highest BCUT2D eigenvalue weighted by molar-refractivity contribution is 7.09. The SMILES string of the molecule is Cc1ncsc1CCCNC(=O)[C@@H]1CCC(=O)N(Cc2ccccc2F)C1. The number of piperidine rings is 1. The number of carbonyl (C=O) groups is 2. The Bertz CT molecular complexity index is 808. The van der Waals surface area contributed by atoms with Crippen LogP contribution in [0, 0.1) is 18.7 Å². The first-order valence-electron chi connectivity index (χ1n) is 9.22. The van der Waals surface area contributed by atoms with Gasteiger partial charge in [-0.3, -0.25) is 9.59 Å². The summed E-state index contributed by atoms with van der Waals surface area (Å²) in [6, 6.07) is 6.44. The van der Waals surface area contributed by atoms with Crippen molar-refractivity contribution in [3.63, 3.8) is 0 Å². The van der Waals surface area contributed by atoms with Crippen molar-refractivity contribution in [2.45, 2.75) is 39.2 Å². The van der Waals surface area contributed by atoms with Gasteiger partial charge in [-0.1, -0.05) is 18.2 Å². The van der Waals surface area contributed by atoms with Crippen LogP contribution < -0.4 is 5.32 Å². The van der Waals surface area contributed by atoms with Gasteiger partial charge in [-0.05, 0) is 32.3 Å². The molecular weight excluding hydrogens is 365 g/mol. The van der Waals surface area contributed by atoms with Crippen molar-refractivity contribution in [3.8, 4) is 0 Å². The largest absolute Gasteiger partial charge is 0.356 e. The summed E-state index contributed by atoms with van der Waals surface area (Å²) in [5.74, 6) is -0.611. The molecule has 27 heavy (non-hydrogen) atoms. The van der Waals surface area contributed by atoms with E-state index in [1.165, 1.54) is 10.9 Å². The van der Waals surface area contributed by atoms with Crippen molar-refractivity contribution >= 4 is 23.2 Å². The average Bonchev–Trinajstić information content (AvgIpc) is 3.07. The number of benzene rings is 1. The Kier molecular flexibility index (Phi) is 6.55. The van der Waals surface area contributed by atoms with Gasteiger partial charge in [-0.2, -0.15) is 0 Å². The molecule has 7 heteroatoms. The van der Waals surface area contributed by atoms with Crippen LogP contribution >= 0.6 is 11.3 Å². The van der Waals surface area contributed by atoms with E-state index in [1.807, 2.05) is 12.4 Å². The van der Waals surface area contributed by atoms with Crippen molar-refractivity contribution in [2.24, 2.45) is 5.92 Å². The lowest BCUT2D eigenvalue weighted by Gasteiger charge is -2.32. The van der Waals surface area contributed by atoms with Gasteiger partial charge >= 0.3 is 0 Å². The summed E-state index contributed by atoms with van der Waals surface area (Å²) in [6.45, 7) is 3.15. The molecule has 1 N–H and O–H groups in total. The molecule has 2 heterocycles. The van der Waals surface area contributed by atoms with Crippen LogP contribution in [0.25, 0.3) is 0 Å². The third-order valence-electron chi connectivity index (χ3n) is 4.91. The van der Waals surface area contributed by atoms with E-state index in [0.717, 1.165) is 18.5 Å². The van der Waals surface area contributed by atoms with Crippen LogP contribution in [0.1, 0.15) is 35.4 Å². The standard InChI is InChI=1S/C20H24FN3O2S/c1-14-18(27-13-23-14)7-4-10-22-20(26)16-8-9-19(25)24(12-16)11-15-5-2-3-6-17(15)21/h2-3,5-6,13,16H,4,7-12H2,1H3,(H,22,26)/t16-/m1/s1. The Labute approximate surface area is 162 Å². The maximum absolute atomic E-state index is 13.9. The Morgan fingerprint density at radius 3 is 2.96 bits per heavy atom. The van der Waals surface area contributed by atoms with E-state index in [9.17, 15) is 14.0 Å². The zero-order valence-corrected chi connectivity index (χ0v) is 16.2. The fourth-order valence-corrected chi connectivity index (χ4v) is 4.11. The minimum Gasteiger partial charge on any atom is -0.356 e. The fraction of sp³-hybridized carbons (Fsp3) is 0.450. The van der Waals surface area contributed by atoms with Gasteiger partial charge in [-0.15, -0.1) is 11.3 Å². The lowest BCUT2D eigenvalue weighted by molar-refractivity contribution is -0.138. The lowest BCUT2D eigenvalue weighted by atomic mass is 9.96. The molecule has 3 rings (SSSR count). The van der Waals surface area contributed by atoms with E-state index in [2.05, 4.69) is 10.3 Å². The molecule has 0 unspecified atom stereocenters. The van der Waals surface area contributed by atoms with Gasteiger partial charge in [-0.25, -0.2) is 9.37 Å². The van der Waals surface area contributed by atoms with E-state index >= 15 is 0 Å². The number of nitrogens with one attached hydrogen (secondary N) is 1. The van der Waals surface area contributed by atoms with Crippen molar-refractivity contribution in [2.75, 3.05) is 13.1 Å². The molecule has 1 aromatic heterocycles. The van der Waals surface area contributed by atoms with Crippen molar-refractivity contribution in [1.29, 1.82) is 0 Å². The van der Waals surface area contributed by atoms with Gasteiger partial charge in [0.05, 0.1) is 17.1 Å². The first-order chi connectivity index (χ1) is 13.0. The maximum atomic E-state index is 13.9. The van der Waals surface area contributed by atoms with Crippen molar-refractivity contribution < 1.29 is 14.0 Å². The zero-order chi connectivity index (χ0) is 19.2. The molecule has 5 nitrogen and oxygen atoms in total. The number of hydrogen-bond acceptors (Lipinski definition) is 4. The summed E-state index contributed by atoms with van der Waals surface area (Å²) < 4.78 is 13.9. The molecule has 1 aliphatic rings. The van der Waals surface area contributed by atoms with Gasteiger partial charge in [0.25, 0.3) is 0 Å². The monoisotopic (exact) mass is 389 g/mol. The van der Waals surface area contributed by atoms with Gasteiger partial charge in [0.1, 0.15) is 5.82 Å². The van der Waals surface area contributed by atoms with Crippen LogP contribution in [0.3, 0.4) is 0 Å². The molecular formula is C20H24FN3O2S. The molecule has 0 radical (unpaired) electrons. The van der Waals surface area contributed by atoms with Crippen LogP contribution in [0.2, 0.25) is 0 Å². The second-order valence-electron chi connectivity index (χ2n) is 6.86. The van der Waals surface area contributed by atoms with Crippen molar-refractivity contribution in [3.05, 3.63) is 51.7 Å². The molecule has 0 saturated carbocycles. The number of likely N-dealkylation sites (tertiary alicyclic amines) is 1. The smallest absolute Gasteiger partial charge is 0.224 e. The number of thiazole rings is 1. The van der Waals surface area contributed by atoms with Crippen LogP contribution in [0.5, 0.6) is 0 Å². The van der Waals surface area contributed by atoms with Crippen molar-refractivity contribution in [1.82, 2.24) is 15.2 Å². The first-order valence-corrected chi connectivity index (χ1v) is 10.1. The third-order valence-corrected chi connectivity index (χ3v) is 5.91. The van der Waals surface area contributed by atoms with Gasteiger partial charge in [0.2, 0.25) is 11.8 Å². The number of carbonyl (C=O) groups excluding carboxylic acids is 2. The summed E-state index contributed by atoms with van der Waals surface area (Å²) in [7, 11) is 0. The average molecular weight is 389 g/mol. The highest BCUT2D eigenvalue weighted by atomic mass is 32.1. The Morgan fingerprint density at radius 2 is 2.22 bits per heavy atom. The van der Waals surface area contributed by atoms with E-state index in [4.69, 9.17) is 0 Å². The van der Waals surface area contributed by atoms with E-state index in [-0.39, 0.29) is 30.1 Å². The predicted molar refractivity (Wildman–Crippen MR) is 103 cm³/mol. The number of aromatic nitrogens is 1. The minimum atomic E-state index is -0.324. The summed E-state index contributed by atoms with van der Waals surface area (Å²) >= 11 is 1.64. The topological polar surface area (TPSA) is 62.3 Å². The molecule has 1 saturated heterocycles. The van der Waals surface area contributed by atoms with Crippen LogP contribution in [-0.4, -0.2) is 34.8 Å². The molecule has 1 aliphatic heterocycles. The van der Waals surface area contributed by atoms with E-state index in [0.29, 0.717) is 31.5 Å². The quantitative estimate of drug-likeness (QED) is 0.741. The second-order valence-corrected chi connectivity index (χ2v) is 7.80. The first kappa shape index (κ1) is 19.5. The van der Waals surface area contributed by atoms with Crippen LogP contribution in [-0.2, 0) is 22.6 Å². The second kappa shape index (κ2) is 9.08. The fourth-order valence-electron chi connectivity index (χ4n) is 3.28. The highest BCUT2D eigenvalue weighted by Crippen LogP contribution is 2.21. The molecule has 0 bridgehead atoms. The number of rotatable bonds is 7. The summed E-state index contributed by atoms with van der Waals surface area (Å²) in [5.41, 5.74) is 3.37. The van der Waals surface area contributed by atoms with Gasteiger partial charge in [0, 0.05) is 36.5 Å². The molecule has 0 aliphatic carbocycles. The number of halogens is 1. The Hall–Kier alpha value is -2.28. The molecule has 144 valence electrons. The third kappa shape index (κ3) is 5.13. The maximum Gasteiger partial charge on any atom is 0.224 e. The number of amides is 2.